The van der Waals surface area contributed by atoms with Crippen LogP contribution in [-0.2, 0) is 0 Å². The standard InChI is InChI=1S/C4BrCl2F3/c5-1-2(6)3(7,8)4(1,9)10/t3-/m1/s1. The van der Waals surface area contributed by atoms with Crippen LogP contribution in [0.1, 0.15) is 0 Å². The van der Waals surface area contributed by atoms with E-state index in [1.54, 1.807) is 0 Å². The van der Waals surface area contributed by atoms with Gasteiger partial charge < -0.3 is 0 Å². The Morgan fingerprint density at radius 2 is 1.70 bits per heavy atom. The zero-order valence-electron chi connectivity index (χ0n) is 4.27. The van der Waals surface area contributed by atoms with Crippen molar-refractivity contribution >= 4 is 39.1 Å². The first-order valence-electron chi connectivity index (χ1n) is 2.13. The van der Waals surface area contributed by atoms with Crippen LogP contribution >= 0.6 is 39.1 Å². The van der Waals surface area contributed by atoms with Gasteiger partial charge in [-0.25, -0.2) is 4.39 Å². The Morgan fingerprint density at radius 1 is 1.30 bits per heavy atom. The Bertz CT molecular complexity index is 189. The molecule has 0 unspecified atom stereocenters. The molecule has 10 heavy (non-hydrogen) atoms. The SMILES string of the molecule is FC1(F)C(Br)=C(Cl)[C@]1(F)Cl. The van der Waals surface area contributed by atoms with Gasteiger partial charge in [0.15, 0.2) is 0 Å². The molecule has 6 heteroatoms. The minimum atomic E-state index is -3.69. The van der Waals surface area contributed by atoms with Crippen LogP contribution in [0, 0.1) is 0 Å². The lowest BCUT2D eigenvalue weighted by molar-refractivity contribution is -0.0580. The molecule has 0 aromatic carbocycles. The molecule has 0 saturated carbocycles. The third kappa shape index (κ3) is 0.756. The Balaban J connectivity index is 3.10. The van der Waals surface area contributed by atoms with Gasteiger partial charge in [0.25, 0.3) is 5.13 Å². The van der Waals surface area contributed by atoms with E-state index >= 15 is 0 Å². The van der Waals surface area contributed by atoms with Crippen molar-refractivity contribution in [3.63, 3.8) is 0 Å². The van der Waals surface area contributed by atoms with E-state index in [2.05, 4.69) is 15.9 Å². The molecular formula is C4BrCl2F3. The highest BCUT2D eigenvalue weighted by molar-refractivity contribution is 9.11. The van der Waals surface area contributed by atoms with E-state index < -0.39 is 20.6 Å². The second-order valence-corrected chi connectivity index (χ2v) is 3.47. The average molecular weight is 256 g/mol. The maximum Gasteiger partial charge on any atom is 0.333 e. The number of hydrogen-bond donors (Lipinski definition) is 0. The van der Waals surface area contributed by atoms with Gasteiger partial charge in [-0.15, -0.1) is 0 Å². The van der Waals surface area contributed by atoms with Crippen LogP contribution in [0.15, 0.2) is 9.51 Å². The van der Waals surface area contributed by atoms with Crippen molar-refractivity contribution in [1.29, 1.82) is 0 Å². The van der Waals surface area contributed by atoms with E-state index in [1.807, 2.05) is 0 Å². The number of hydrogen-bond acceptors (Lipinski definition) is 0. The van der Waals surface area contributed by atoms with Crippen LogP contribution in [0.5, 0.6) is 0 Å². The first-order valence-corrected chi connectivity index (χ1v) is 3.68. The molecule has 0 N–H and O–H groups in total. The monoisotopic (exact) mass is 254 g/mol. The maximum atomic E-state index is 12.4. The predicted octanol–water partition coefficient (Wildman–Crippen LogP) is 3.39. The summed E-state index contributed by atoms with van der Waals surface area (Å²) in [6, 6.07) is 0. The Morgan fingerprint density at radius 3 is 1.80 bits per heavy atom. The lowest BCUT2D eigenvalue weighted by Crippen LogP contribution is -2.49. The molecule has 1 atom stereocenters. The van der Waals surface area contributed by atoms with Crippen LogP contribution in [-0.4, -0.2) is 11.1 Å². The minimum absolute atomic E-state index is 0.681. The van der Waals surface area contributed by atoms with Crippen molar-refractivity contribution in [2.45, 2.75) is 11.1 Å². The summed E-state index contributed by atoms with van der Waals surface area (Å²) < 4.78 is 36.3. The summed E-state index contributed by atoms with van der Waals surface area (Å²) >= 11 is 12.1. The van der Waals surface area contributed by atoms with Crippen LogP contribution in [0.4, 0.5) is 13.2 Å². The van der Waals surface area contributed by atoms with Crippen molar-refractivity contribution in [3.8, 4) is 0 Å². The second kappa shape index (κ2) is 2.05. The molecule has 0 aromatic heterocycles. The molecule has 0 amide bonds. The van der Waals surface area contributed by atoms with Crippen molar-refractivity contribution in [2.24, 2.45) is 0 Å². The molecule has 1 aliphatic carbocycles. The molecule has 0 heterocycles. The van der Waals surface area contributed by atoms with E-state index in [1.165, 1.54) is 0 Å². The predicted molar refractivity (Wildman–Crippen MR) is 36.4 cm³/mol. The van der Waals surface area contributed by atoms with Gasteiger partial charge >= 0.3 is 5.92 Å². The summed E-state index contributed by atoms with van der Waals surface area (Å²) in [5.41, 5.74) is 0. The summed E-state index contributed by atoms with van der Waals surface area (Å²) in [4.78, 5) is 0. The first-order chi connectivity index (χ1) is 4.32. The molecule has 0 fully saturated rings. The van der Waals surface area contributed by atoms with Crippen molar-refractivity contribution < 1.29 is 13.2 Å². The first kappa shape index (κ1) is 8.68. The third-order valence-electron chi connectivity index (χ3n) is 1.14. The van der Waals surface area contributed by atoms with Crippen LogP contribution in [0.2, 0.25) is 0 Å². The Kier molecular flexibility index (Phi) is 1.78. The molecule has 0 aromatic rings. The van der Waals surface area contributed by atoms with E-state index in [0.29, 0.717) is 0 Å². The van der Waals surface area contributed by atoms with Crippen molar-refractivity contribution in [1.82, 2.24) is 0 Å². The summed E-state index contributed by atoms with van der Waals surface area (Å²) in [6.45, 7) is 0. The van der Waals surface area contributed by atoms with E-state index in [-0.39, 0.29) is 0 Å². The van der Waals surface area contributed by atoms with Gasteiger partial charge in [-0.1, -0.05) is 23.2 Å². The molecule has 1 aliphatic rings. The number of allylic oxidation sites excluding steroid dienone is 2. The smallest absolute Gasteiger partial charge is 0.213 e. The van der Waals surface area contributed by atoms with Crippen molar-refractivity contribution in [3.05, 3.63) is 9.51 Å². The molecule has 0 radical (unpaired) electrons. The fourth-order valence-corrected chi connectivity index (χ4v) is 1.69. The molecular weight excluding hydrogens is 256 g/mol. The quantitative estimate of drug-likeness (QED) is 0.582. The van der Waals surface area contributed by atoms with Crippen LogP contribution in [0.3, 0.4) is 0 Å². The van der Waals surface area contributed by atoms with E-state index in [4.69, 9.17) is 23.2 Å². The molecule has 0 bridgehead atoms. The summed E-state index contributed by atoms with van der Waals surface area (Å²) in [5.74, 6) is -3.69. The van der Waals surface area contributed by atoms with Crippen molar-refractivity contribution in [2.75, 3.05) is 0 Å². The second-order valence-electron chi connectivity index (χ2n) is 1.78. The number of alkyl halides is 4. The van der Waals surface area contributed by atoms with Crippen LogP contribution < -0.4 is 0 Å². The number of halogens is 6. The normalized spacial score (nSPS) is 37.8. The lowest BCUT2D eigenvalue weighted by atomic mass is 10.0. The van der Waals surface area contributed by atoms with Gasteiger partial charge in [0, 0.05) is 0 Å². The summed E-state index contributed by atoms with van der Waals surface area (Å²) in [6.07, 6.45) is 0. The number of rotatable bonds is 0. The fourth-order valence-electron chi connectivity index (χ4n) is 0.489. The third-order valence-corrected chi connectivity index (χ3v) is 3.23. The molecule has 0 saturated heterocycles. The Hall–Kier alpha value is 0.590. The fraction of sp³-hybridized carbons (Fsp3) is 0.500. The zero-order chi connectivity index (χ0) is 8.15. The van der Waals surface area contributed by atoms with Gasteiger partial charge in [-0.2, -0.15) is 8.78 Å². The van der Waals surface area contributed by atoms with E-state index in [0.717, 1.165) is 0 Å². The highest BCUT2D eigenvalue weighted by atomic mass is 79.9. The zero-order valence-corrected chi connectivity index (χ0v) is 7.37. The van der Waals surface area contributed by atoms with Gasteiger partial charge in [0.1, 0.15) is 0 Å². The maximum absolute atomic E-state index is 12.4. The largest absolute Gasteiger partial charge is 0.333 e. The summed E-state index contributed by atoms with van der Waals surface area (Å²) in [7, 11) is 0. The highest BCUT2D eigenvalue weighted by Crippen LogP contribution is 2.60. The average Bonchev–Trinajstić information content (AvgIpc) is 1.84. The highest BCUT2D eigenvalue weighted by Gasteiger charge is 2.68. The van der Waals surface area contributed by atoms with Gasteiger partial charge in [-0.3, -0.25) is 0 Å². The Labute approximate surface area is 73.1 Å². The van der Waals surface area contributed by atoms with Gasteiger partial charge in [-0.05, 0) is 15.9 Å². The van der Waals surface area contributed by atoms with Gasteiger partial charge in [0.05, 0.1) is 9.51 Å². The lowest BCUT2D eigenvalue weighted by Gasteiger charge is -2.36. The molecule has 0 spiro atoms. The molecule has 58 valence electrons. The van der Waals surface area contributed by atoms with Crippen LogP contribution in [0.25, 0.3) is 0 Å². The van der Waals surface area contributed by atoms with E-state index in [9.17, 15) is 13.2 Å². The molecule has 1 rings (SSSR count). The molecule has 0 nitrogen and oxygen atoms in total. The van der Waals surface area contributed by atoms with Gasteiger partial charge in [0.2, 0.25) is 0 Å². The minimum Gasteiger partial charge on any atom is -0.213 e. The topological polar surface area (TPSA) is 0 Å². The summed E-state index contributed by atoms with van der Waals surface area (Å²) in [5, 5.41) is -3.90. The molecule has 0 aliphatic heterocycles.